The third-order valence-electron chi connectivity index (χ3n) is 3.96. The highest BCUT2D eigenvalue weighted by molar-refractivity contribution is 4.96. The summed E-state index contributed by atoms with van der Waals surface area (Å²) in [4.78, 5) is 4.44. The van der Waals surface area contributed by atoms with Gasteiger partial charge in [-0.05, 0) is 18.3 Å². The van der Waals surface area contributed by atoms with Crippen molar-refractivity contribution in [2.45, 2.75) is 39.3 Å². The van der Waals surface area contributed by atoms with Crippen LogP contribution in [0.25, 0.3) is 0 Å². The third kappa shape index (κ3) is 3.82. The Hall–Kier alpha value is -0.870. The molecule has 0 bridgehead atoms. The van der Waals surface area contributed by atoms with Crippen LogP contribution in [0.1, 0.15) is 31.9 Å². The van der Waals surface area contributed by atoms with Crippen molar-refractivity contribution in [1.29, 1.82) is 0 Å². The minimum absolute atomic E-state index is 0.750. The smallest absolute Gasteiger partial charge is 0.0950 e. The monoisotopic (exact) mass is 251 g/mol. The van der Waals surface area contributed by atoms with Crippen LogP contribution in [0.2, 0.25) is 0 Å². The average Bonchev–Trinajstić information content (AvgIpc) is 2.96. The molecule has 1 aliphatic rings. The van der Waals surface area contributed by atoms with E-state index in [4.69, 9.17) is 4.74 Å². The molecule has 0 aliphatic heterocycles. The average molecular weight is 251 g/mol. The largest absolute Gasteiger partial charge is 0.383 e. The first-order valence-corrected chi connectivity index (χ1v) is 7.00. The number of rotatable bonds is 7. The van der Waals surface area contributed by atoms with Crippen LogP contribution in [-0.4, -0.2) is 29.8 Å². The summed E-state index contributed by atoms with van der Waals surface area (Å²) in [5.74, 6) is 1.71. The first kappa shape index (κ1) is 13.6. The van der Waals surface area contributed by atoms with Gasteiger partial charge in [0.2, 0.25) is 0 Å². The summed E-state index contributed by atoms with van der Waals surface area (Å²) in [6, 6.07) is 0. The highest BCUT2D eigenvalue weighted by Crippen LogP contribution is 2.32. The van der Waals surface area contributed by atoms with Gasteiger partial charge >= 0.3 is 0 Å². The molecule has 0 aromatic carbocycles. The van der Waals surface area contributed by atoms with Crippen molar-refractivity contribution >= 4 is 0 Å². The van der Waals surface area contributed by atoms with E-state index in [9.17, 15) is 0 Å². The van der Waals surface area contributed by atoms with Crippen molar-refractivity contribution in [3.05, 3.63) is 18.2 Å². The fourth-order valence-corrected chi connectivity index (χ4v) is 2.75. The van der Waals surface area contributed by atoms with E-state index in [1.165, 1.54) is 19.3 Å². The van der Waals surface area contributed by atoms with Crippen molar-refractivity contribution in [3.63, 3.8) is 0 Å². The molecule has 18 heavy (non-hydrogen) atoms. The van der Waals surface area contributed by atoms with Crippen molar-refractivity contribution in [3.8, 4) is 0 Å². The normalized spacial score (nSPS) is 23.7. The van der Waals surface area contributed by atoms with Crippen LogP contribution in [-0.2, 0) is 17.8 Å². The zero-order valence-electron chi connectivity index (χ0n) is 11.6. The van der Waals surface area contributed by atoms with Crippen LogP contribution in [0.3, 0.4) is 0 Å². The topological polar surface area (TPSA) is 39.1 Å². The molecule has 0 spiro atoms. The van der Waals surface area contributed by atoms with Crippen molar-refractivity contribution in [2.24, 2.45) is 11.8 Å². The summed E-state index contributed by atoms with van der Waals surface area (Å²) in [6.07, 6.45) is 8.31. The number of aromatic nitrogens is 2. The summed E-state index contributed by atoms with van der Waals surface area (Å²) < 4.78 is 7.25. The van der Waals surface area contributed by atoms with E-state index < -0.39 is 0 Å². The lowest BCUT2D eigenvalue weighted by Crippen LogP contribution is -2.18. The van der Waals surface area contributed by atoms with Gasteiger partial charge in [0, 0.05) is 32.9 Å². The van der Waals surface area contributed by atoms with E-state index in [0.29, 0.717) is 0 Å². The molecule has 0 radical (unpaired) electrons. The third-order valence-corrected chi connectivity index (χ3v) is 3.96. The molecule has 4 nitrogen and oxygen atoms in total. The van der Waals surface area contributed by atoms with Gasteiger partial charge < -0.3 is 14.6 Å². The minimum Gasteiger partial charge on any atom is -0.383 e. The second-order valence-corrected chi connectivity index (χ2v) is 5.40. The highest BCUT2D eigenvalue weighted by Gasteiger charge is 2.23. The molecule has 2 atom stereocenters. The Morgan fingerprint density at radius 2 is 2.39 bits per heavy atom. The summed E-state index contributed by atoms with van der Waals surface area (Å²) in [5.41, 5.74) is 1.12. The zero-order chi connectivity index (χ0) is 12.8. The zero-order valence-corrected chi connectivity index (χ0v) is 11.6. The van der Waals surface area contributed by atoms with Gasteiger partial charge in [-0.25, -0.2) is 4.98 Å². The maximum absolute atomic E-state index is 5.00. The maximum atomic E-state index is 5.00. The van der Waals surface area contributed by atoms with Gasteiger partial charge in [-0.3, -0.25) is 0 Å². The Bertz CT molecular complexity index is 351. The predicted octanol–water partition coefficient (Wildman–Crippen LogP) is 2.06. The molecular weight excluding hydrogens is 226 g/mol. The Morgan fingerprint density at radius 3 is 3.11 bits per heavy atom. The van der Waals surface area contributed by atoms with Gasteiger partial charge in [0.05, 0.1) is 18.6 Å². The van der Waals surface area contributed by atoms with Crippen LogP contribution in [0.15, 0.2) is 12.5 Å². The lowest BCUT2D eigenvalue weighted by Gasteiger charge is -2.15. The van der Waals surface area contributed by atoms with Gasteiger partial charge in [-0.1, -0.05) is 19.8 Å². The molecular formula is C14H25N3O. The first-order valence-electron chi connectivity index (χ1n) is 7.00. The van der Waals surface area contributed by atoms with Crippen molar-refractivity contribution in [1.82, 2.24) is 14.9 Å². The highest BCUT2D eigenvalue weighted by atomic mass is 16.5. The number of hydrogen-bond acceptors (Lipinski definition) is 3. The number of ether oxygens (including phenoxy) is 1. The van der Waals surface area contributed by atoms with E-state index in [2.05, 4.69) is 28.0 Å². The molecule has 1 aromatic heterocycles. The van der Waals surface area contributed by atoms with Crippen molar-refractivity contribution in [2.75, 3.05) is 20.3 Å². The van der Waals surface area contributed by atoms with E-state index in [-0.39, 0.29) is 0 Å². The minimum atomic E-state index is 0.750. The van der Waals surface area contributed by atoms with Crippen LogP contribution in [0, 0.1) is 11.8 Å². The molecule has 2 unspecified atom stereocenters. The molecule has 0 amide bonds. The molecule has 1 saturated carbocycles. The fraction of sp³-hybridized carbons (Fsp3) is 0.786. The second kappa shape index (κ2) is 6.90. The Morgan fingerprint density at radius 1 is 1.50 bits per heavy atom. The van der Waals surface area contributed by atoms with Gasteiger partial charge in [0.25, 0.3) is 0 Å². The number of imidazole rings is 1. The molecule has 1 heterocycles. The summed E-state index contributed by atoms with van der Waals surface area (Å²) in [5, 5.41) is 3.32. The Balaban J connectivity index is 1.75. The lowest BCUT2D eigenvalue weighted by atomic mass is 9.98. The van der Waals surface area contributed by atoms with Crippen LogP contribution in [0.5, 0.6) is 0 Å². The number of hydrogen-bond donors (Lipinski definition) is 1. The molecule has 0 saturated heterocycles. The van der Waals surface area contributed by atoms with Gasteiger partial charge in [-0.2, -0.15) is 0 Å². The Kier molecular flexibility index (Phi) is 5.20. The molecule has 1 fully saturated rings. The standard InChI is InChI=1S/C14H25N3O/c1-12-4-3-5-13(12)9-17-10-14(16-11-17)8-15-6-7-18-2/h10-13,15H,3-9H2,1-2H3. The van der Waals surface area contributed by atoms with Gasteiger partial charge in [-0.15, -0.1) is 0 Å². The number of methoxy groups -OCH3 is 1. The summed E-state index contributed by atoms with van der Waals surface area (Å²) in [6.45, 7) is 5.97. The van der Waals surface area contributed by atoms with E-state index in [1.54, 1.807) is 7.11 Å². The molecule has 1 aliphatic carbocycles. The lowest BCUT2D eigenvalue weighted by molar-refractivity contribution is 0.199. The summed E-state index contributed by atoms with van der Waals surface area (Å²) >= 11 is 0. The first-order chi connectivity index (χ1) is 8.79. The summed E-state index contributed by atoms with van der Waals surface area (Å²) in [7, 11) is 1.72. The van der Waals surface area contributed by atoms with Crippen LogP contribution >= 0.6 is 0 Å². The molecule has 102 valence electrons. The van der Waals surface area contributed by atoms with Gasteiger partial charge in [0.15, 0.2) is 0 Å². The van der Waals surface area contributed by atoms with Crippen molar-refractivity contribution < 1.29 is 4.74 Å². The van der Waals surface area contributed by atoms with E-state index >= 15 is 0 Å². The molecule has 4 heteroatoms. The maximum Gasteiger partial charge on any atom is 0.0950 e. The molecule has 1 N–H and O–H groups in total. The van der Waals surface area contributed by atoms with Crippen LogP contribution in [0.4, 0.5) is 0 Å². The predicted molar refractivity (Wildman–Crippen MR) is 72.3 cm³/mol. The number of nitrogens with one attached hydrogen (secondary N) is 1. The van der Waals surface area contributed by atoms with E-state index in [0.717, 1.165) is 43.8 Å². The SMILES string of the molecule is COCCNCc1cn(CC2CCCC2C)cn1. The molecule has 1 aromatic rings. The molecule has 2 rings (SSSR count). The Labute approximate surface area is 110 Å². The van der Waals surface area contributed by atoms with E-state index in [1.807, 2.05) is 6.33 Å². The van der Waals surface area contributed by atoms with Gasteiger partial charge in [0.1, 0.15) is 0 Å². The second-order valence-electron chi connectivity index (χ2n) is 5.40. The quantitative estimate of drug-likeness (QED) is 0.754. The fourth-order valence-electron chi connectivity index (χ4n) is 2.75. The number of nitrogens with zero attached hydrogens (tertiary/aromatic N) is 2. The van der Waals surface area contributed by atoms with Crippen LogP contribution < -0.4 is 5.32 Å².